The van der Waals surface area contributed by atoms with Crippen LogP contribution in [0.25, 0.3) is 6.08 Å². The molecule has 0 saturated carbocycles. The highest BCUT2D eigenvalue weighted by molar-refractivity contribution is 9.10. The first-order valence-electron chi connectivity index (χ1n) is 7.33. The van der Waals surface area contributed by atoms with Crippen molar-refractivity contribution in [2.75, 3.05) is 13.2 Å². The highest BCUT2D eigenvalue weighted by Gasteiger charge is 2.15. The van der Waals surface area contributed by atoms with Crippen molar-refractivity contribution in [3.8, 4) is 0 Å². The molecule has 0 heterocycles. The zero-order chi connectivity index (χ0) is 17.4. The van der Waals surface area contributed by atoms with Crippen LogP contribution in [-0.4, -0.2) is 30.1 Å². The van der Waals surface area contributed by atoms with Crippen LogP contribution in [0.4, 0.5) is 0 Å². The van der Waals surface area contributed by atoms with Crippen LogP contribution in [0.15, 0.2) is 64.8 Å². The van der Waals surface area contributed by atoms with E-state index in [2.05, 4.69) is 26.6 Å². The molecule has 2 rings (SSSR count). The monoisotopic (exact) mass is 388 g/mol. The van der Waals surface area contributed by atoms with Gasteiger partial charge in [0.1, 0.15) is 5.70 Å². The van der Waals surface area contributed by atoms with Gasteiger partial charge in [-0.25, -0.2) is 0 Å². The van der Waals surface area contributed by atoms with Gasteiger partial charge in [0.15, 0.2) is 0 Å². The first-order valence-corrected chi connectivity index (χ1v) is 8.13. The lowest BCUT2D eigenvalue weighted by molar-refractivity contribution is -0.117. The highest BCUT2D eigenvalue weighted by Crippen LogP contribution is 2.16. The van der Waals surface area contributed by atoms with E-state index in [-0.39, 0.29) is 18.8 Å². The van der Waals surface area contributed by atoms with E-state index in [1.807, 2.05) is 30.3 Å². The van der Waals surface area contributed by atoms with Gasteiger partial charge in [-0.05, 0) is 39.7 Å². The van der Waals surface area contributed by atoms with Gasteiger partial charge < -0.3 is 15.7 Å². The van der Waals surface area contributed by atoms with E-state index < -0.39 is 11.8 Å². The van der Waals surface area contributed by atoms with E-state index >= 15 is 0 Å². The molecule has 0 aliphatic carbocycles. The molecule has 5 nitrogen and oxygen atoms in total. The average Bonchev–Trinajstić information content (AvgIpc) is 2.60. The Morgan fingerprint density at radius 3 is 2.38 bits per heavy atom. The zero-order valence-corrected chi connectivity index (χ0v) is 14.4. The van der Waals surface area contributed by atoms with E-state index in [9.17, 15) is 9.59 Å². The number of nitrogens with one attached hydrogen (secondary N) is 2. The van der Waals surface area contributed by atoms with Crippen molar-refractivity contribution in [1.29, 1.82) is 0 Å². The van der Waals surface area contributed by atoms with Gasteiger partial charge in [-0.15, -0.1) is 0 Å². The minimum Gasteiger partial charge on any atom is -0.395 e. The van der Waals surface area contributed by atoms with Gasteiger partial charge in [-0.1, -0.05) is 42.5 Å². The van der Waals surface area contributed by atoms with Crippen molar-refractivity contribution in [1.82, 2.24) is 10.6 Å². The van der Waals surface area contributed by atoms with Crippen LogP contribution in [-0.2, 0) is 4.79 Å². The number of carbonyl (C=O) groups excluding carboxylic acids is 2. The van der Waals surface area contributed by atoms with Gasteiger partial charge in [0.25, 0.3) is 11.8 Å². The normalized spacial score (nSPS) is 11.0. The number of amides is 2. The Kier molecular flexibility index (Phi) is 6.72. The third-order valence-corrected chi connectivity index (χ3v) is 3.81. The van der Waals surface area contributed by atoms with Crippen molar-refractivity contribution < 1.29 is 14.7 Å². The third kappa shape index (κ3) is 5.04. The molecule has 6 heteroatoms. The molecule has 0 fully saturated rings. The molecule has 0 bridgehead atoms. The summed E-state index contributed by atoms with van der Waals surface area (Å²) in [5.41, 5.74) is 1.31. The third-order valence-electron chi connectivity index (χ3n) is 3.12. The largest absolute Gasteiger partial charge is 0.395 e. The Hall–Kier alpha value is -2.44. The number of hydrogen-bond donors (Lipinski definition) is 3. The number of aliphatic hydroxyl groups excluding tert-OH is 1. The topological polar surface area (TPSA) is 78.4 Å². The van der Waals surface area contributed by atoms with Crippen LogP contribution in [0.2, 0.25) is 0 Å². The lowest BCUT2D eigenvalue weighted by Crippen LogP contribution is -2.36. The molecule has 2 aromatic rings. The van der Waals surface area contributed by atoms with Crippen LogP contribution < -0.4 is 10.6 Å². The second-order valence-corrected chi connectivity index (χ2v) is 5.74. The van der Waals surface area contributed by atoms with Gasteiger partial charge >= 0.3 is 0 Å². The van der Waals surface area contributed by atoms with Gasteiger partial charge in [0.2, 0.25) is 0 Å². The molecule has 0 aromatic heterocycles. The standard InChI is InChI=1S/C18H17BrN2O3/c19-15-9-5-4-8-14(15)17(23)21-16(18(24)20-10-11-22)12-13-6-2-1-3-7-13/h1-9,12,22H,10-11H2,(H,20,24)(H,21,23)/b16-12+. The van der Waals surface area contributed by atoms with Gasteiger partial charge in [0.05, 0.1) is 12.2 Å². The maximum Gasteiger partial charge on any atom is 0.267 e. The fourth-order valence-electron chi connectivity index (χ4n) is 1.97. The Balaban J connectivity index is 2.26. The molecule has 124 valence electrons. The van der Waals surface area contributed by atoms with Crippen LogP contribution in [0.1, 0.15) is 15.9 Å². The molecule has 0 spiro atoms. The lowest BCUT2D eigenvalue weighted by Gasteiger charge is -2.11. The van der Waals surface area contributed by atoms with Crippen LogP contribution in [0.5, 0.6) is 0 Å². The van der Waals surface area contributed by atoms with Crippen LogP contribution >= 0.6 is 15.9 Å². The van der Waals surface area contributed by atoms with Crippen molar-refractivity contribution >= 4 is 33.8 Å². The first-order chi connectivity index (χ1) is 11.6. The molecule has 0 aliphatic heterocycles. The molecule has 2 aromatic carbocycles. The summed E-state index contributed by atoms with van der Waals surface area (Å²) < 4.78 is 0.636. The van der Waals surface area contributed by atoms with E-state index in [0.29, 0.717) is 10.0 Å². The molecule has 0 atom stereocenters. The summed E-state index contributed by atoms with van der Waals surface area (Å²) in [6, 6.07) is 16.1. The van der Waals surface area contributed by atoms with E-state index in [0.717, 1.165) is 5.56 Å². The summed E-state index contributed by atoms with van der Waals surface area (Å²) in [4.78, 5) is 24.7. The summed E-state index contributed by atoms with van der Waals surface area (Å²) >= 11 is 3.32. The molecule has 0 saturated heterocycles. The molecular weight excluding hydrogens is 372 g/mol. The van der Waals surface area contributed by atoms with Crippen molar-refractivity contribution in [3.63, 3.8) is 0 Å². The van der Waals surface area contributed by atoms with Gasteiger partial charge in [-0.2, -0.15) is 0 Å². The number of benzene rings is 2. The fourth-order valence-corrected chi connectivity index (χ4v) is 2.44. The van der Waals surface area contributed by atoms with E-state index in [1.165, 1.54) is 0 Å². The molecular formula is C18H17BrN2O3. The summed E-state index contributed by atoms with van der Waals surface area (Å²) in [6.45, 7) is -0.0710. The minimum absolute atomic E-state index is 0.107. The van der Waals surface area contributed by atoms with Crippen LogP contribution in [0.3, 0.4) is 0 Å². The second-order valence-electron chi connectivity index (χ2n) is 4.88. The first kappa shape index (κ1) is 17.9. The predicted molar refractivity (Wildman–Crippen MR) is 96.1 cm³/mol. The van der Waals surface area contributed by atoms with Gasteiger partial charge in [0, 0.05) is 11.0 Å². The van der Waals surface area contributed by atoms with E-state index in [4.69, 9.17) is 5.11 Å². The quantitative estimate of drug-likeness (QED) is 0.664. The molecule has 3 N–H and O–H groups in total. The smallest absolute Gasteiger partial charge is 0.267 e. The Bertz CT molecular complexity index is 745. The van der Waals surface area contributed by atoms with Crippen molar-refractivity contribution in [2.24, 2.45) is 0 Å². The SMILES string of the molecule is O=C(NCCO)/C(=C\c1ccccc1)NC(=O)c1ccccc1Br. The van der Waals surface area contributed by atoms with Crippen LogP contribution in [0, 0.1) is 0 Å². The zero-order valence-electron chi connectivity index (χ0n) is 12.8. The molecule has 0 radical (unpaired) electrons. The van der Waals surface area contributed by atoms with Crippen molar-refractivity contribution in [2.45, 2.75) is 0 Å². The number of carbonyl (C=O) groups is 2. The summed E-state index contributed by atoms with van der Waals surface area (Å²) in [5, 5.41) is 14.0. The number of halogens is 1. The maximum atomic E-state index is 12.4. The summed E-state index contributed by atoms with van der Waals surface area (Å²) in [6.07, 6.45) is 1.58. The lowest BCUT2D eigenvalue weighted by atomic mass is 10.1. The molecule has 0 aliphatic rings. The Morgan fingerprint density at radius 2 is 1.71 bits per heavy atom. The predicted octanol–water partition coefficient (Wildman–Crippen LogP) is 2.33. The average molecular weight is 389 g/mol. The number of hydrogen-bond acceptors (Lipinski definition) is 3. The second kappa shape index (κ2) is 9.00. The summed E-state index contributed by atoms with van der Waals surface area (Å²) in [7, 11) is 0. The van der Waals surface area contributed by atoms with E-state index in [1.54, 1.807) is 30.3 Å². The minimum atomic E-state index is -0.465. The number of aliphatic hydroxyl groups is 1. The number of rotatable bonds is 6. The van der Waals surface area contributed by atoms with Crippen molar-refractivity contribution in [3.05, 3.63) is 75.9 Å². The molecule has 0 unspecified atom stereocenters. The Labute approximate surface area is 148 Å². The Morgan fingerprint density at radius 1 is 1.04 bits per heavy atom. The molecule has 2 amide bonds. The summed E-state index contributed by atoms with van der Waals surface area (Å²) in [5.74, 6) is -0.864. The fraction of sp³-hybridized carbons (Fsp3) is 0.111. The maximum absolute atomic E-state index is 12.4. The van der Waals surface area contributed by atoms with Gasteiger partial charge in [-0.3, -0.25) is 9.59 Å². The highest BCUT2D eigenvalue weighted by atomic mass is 79.9. The molecule has 24 heavy (non-hydrogen) atoms.